The molecular weight excluding hydrogens is 427 g/mol. The number of halogens is 2. The zero-order valence-corrected chi connectivity index (χ0v) is 16.6. The minimum absolute atomic E-state index is 0.146. The van der Waals surface area contributed by atoms with Gasteiger partial charge in [-0.05, 0) is 37.1 Å². The van der Waals surface area contributed by atoms with Crippen molar-refractivity contribution in [3.8, 4) is 5.75 Å². The van der Waals surface area contributed by atoms with E-state index in [4.69, 9.17) is 16.3 Å². The topological polar surface area (TPSA) is 107 Å². The SMILES string of the molecule is O=C(Oc1ccc([N+](=O)[O-])cc1Cl)c1ccc(F)c(S(=O)(=O)N2CCCCC2)c1. The Morgan fingerprint density at radius 3 is 2.45 bits per heavy atom. The lowest BCUT2D eigenvalue weighted by Gasteiger charge is -2.26. The molecule has 0 aliphatic carbocycles. The van der Waals surface area contributed by atoms with E-state index < -0.39 is 31.6 Å². The van der Waals surface area contributed by atoms with Crippen LogP contribution in [0, 0.1) is 15.9 Å². The zero-order valence-electron chi connectivity index (χ0n) is 15.0. The maximum Gasteiger partial charge on any atom is 0.343 e. The molecule has 2 aromatic carbocycles. The molecule has 1 aliphatic rings. The minimum Gasteiger partial charge on any atom is -0.421 e. The summed E-state index contributed by atoms with van der Waals surface area (Å²) in [7, 11) is -4.10. The fourth-order valence-corrected chi connectivity index (χ4v) is 4.74. The Bertz CT molecular complexity index is 1070. The summed E-state index contributed by atoms with van der Waals surface area (Å²) in [5, 5.41) is 10.6. The van der Waals surface area contributed by atoms with Gasteiger partial charge in [0.25, 0.3) is 5.69 Å². The molecular formula is C18H16ClFN2O6S. The minimum atomic E-state index is -4.10. The molecule has 154 valence electrons. The van der Waals surface area contributed by atoms with Crippen LogP contribution in [0.1, 0.15) is 29.6 Å². The van der Waals surface area contributed by atoms with E-state index in [-0.39, 0.29) is 35.1 Å². The van der Waals surface area contributed by atoms with Crippen molar-refractivity contribution < 1.29 is 27.3 Å². The first kappa shape index (κ1) is 21.2. The molecule has 8 nitrogen and oxygen atoms in total. The van der Waals surface area contributed by atoms with Crippen LogP contribution in [0.4, 0.5) is 10.1 Å². The lowest BCUT2D eigenvalue weighted by atomic mass is 10.2. The first-order valence-corrected chi connectivity index (χ1v) is 10.5. The summed E-state index contributed by atoms with van der Waals surface area (Å²) in [5.74, 6) is -2.09. The Hall–Kier alpha value is -2.56. The Balaban J connectivity index is 1.87. The molecule has 0 unspecified atom stereocenters. The largest absolute Gasteiger partial charge is 0.421 e. The maximum absolute atomic E-state index is 14.3. The molecule has 0 spiro atoms. The summed E-state index contributed by atoms with van der Waals surface area (Å²) in [6.45, 7) is 0.573. The molecule has 29 heavy (non-hydrogen) atoms. The lowest BCUT2D eigenvalue weighted by molar-refractivity contribution is -0.384. The lowest BCUT2D eigenvalue weighted by Crippen LogP contribution is -2.36. The Kier molecular flexibility index (Phi) is 6.15. The second-order valence-electron chi connectivity index (χ2n) is 6.37. The van der Waals surface area contributed by atoms with E-state index in [1.807, 2.05) is 0 Å². The highest BCUT2D eigenvalue weighted by atomic mass is 35.5. The summed E-state index contributed by atoms with van der Waals surface area (Å²) < 4.78 is 46.0. The molecule has 2 aromatic rings. The highest BCUT2D eigenvalue weighted by Gasteiger charge is 2.29. The van der Waals surface area contributed by atoms with Gasteiger partial charge >= 0.3 is 5.97 Å². The van der Waals surface area contributed by atoms with Gasteiger partial charge in [-0.15, -0.1) is 0 Å². The molecule has 0 aromatic heterocycles. The van der Waals surface area contributed by atoms with Crippen LogP contribution in [-0.2, 0) is 10.0 Å². The monoisotopic (exact) mass is 442 g/mol. The van der Waals surface area contributed by atoms with Gasteiger partial charge in [0.1, 0.15) is 16.5 Å². The number of carbonyl (C=O) groups is 1. The molecule has 0 N–H and O–H groups in total. The van der Waals surface area contributed by atoms with E-state index in [0.29, 0.717) is 12.8 Å². The van der Waals surface area contributed by atoms with Crippen LogP contribution in [0.25, 0.3) is 0 Å². The van der Waals surface area contributed by atoms with Crippen LogP contribution in [-0.4, -0.2) is 36.7 Å². The van der Waals surface area contributed by atoms with E-state index in [0.717, 1.165) is 42.8 Å². The highest BCUT2D eigenvalue weighted by Crippen LogP contribution is 2.30. The van der Waals surface area contributed by atoms with Crippen LogP contribution in [0.5, 0.6) is 5.75 Å². The number of piperidine rings is 1. The van der Waals surface area contributed by atoms with Crippen molar-refractivity contribution in [3.63, 3.8) is 0 Å². The summed E-state index contributed by atoms with van der Waals surface area (Å²) in [6, 6.07) is 6.15. The van der Waals surface area contributed by atoms with E-state index in [1.165, 1.54) is 4.31 Å². The normalized spacial score (nSPS) is 15.1. The molecule has 0 bridgehead atoms. The summed E-state index contributed by atoms with van der Waals surface area (Å²) in [4.78, 5) is 21.9. The highest BCUT2D eigenvalue weighted by molar-refractivity contribution is 7.89. The van der Waals surface area contributed by atoms with E-state index >= 15 is 0 Å². The van der Waals surface area contributed by atoms with Gasteiger partial charge in [0.15, 0.2) is 0 Å². The fourth-order valence-electron chi connectivity index (χ4n) is 2.92. The Labute approximate surface area is 171 Å². The molecule has 0 amide bonds. The number of hydrogen-bond donors (Lipinski definition) is 0. The molecule has 0 radical (unpaired) electrons. The van der Waals surface area contributed by atoms with Crippen molar-refractivity contribution in [1.29, 1.82) is 0 Å². The number of nitrogens with zero attached hydrogens (tertiary/aromatic N) is 2. The van der Waals surface area contributed by atoms with Gasteiger partial charge < -0.3 is 4.74 Å². The van der Waals surface area contributed by atoms with Crippen molar-refractivity contribution in [1.82, 2.24) is 4.31 Å². The van der Waals surface area contributed by atoms with Crippen molar-refractivity contribution >= 4 is 33.3 Å². The summed E-state index contributed by atoms with van der Waals surface area (Å²) in [5.41, 5.74) is -0.483. The molecule has 1 heterocycles. The van der Waals surface area contributed by atoms with Gasteiger partial charge in [-0.3, -0.25) is 10.1 Å². The Morgan fingerprint density at radius 2 is 1.83 bits per heavy atom. The van der Waals surface area contributed by atoms with Gasteiger partial charge in [-0.1, -0.05) is 18.0 Å². The maximum atomic E-state index is 14.3. The Morgan fingerprint density at radius 1 is 1.14 bits per heavy atom. The van der Waals surface area contributed by atoms with Gasteiger partial charge in [-0.2, -0.15) is 4.31 Å². The molecule has 1 saturated heterocycles. The molecule has 11 heteroatoms. The molecule has 0 saturated carbocycles. The summed E-state index contributed by atoms with van der Waals surface area (Å²) >= 11 is 5.89. The van der Waals surface area contributed by atoms with Gasteiger partial charge in [0.05, 0.1) is 15.5 Å². The van der Waals surface area contributed by atoms with Gasteiger partial charge in [0.2, 0.25) is 10.0 Å². The number of rotatable bonds is 5. The average Bonchev–Trinajstić information content (AvgIpc) is 2.70. The van der Waals surface area contributed by atoms with Crippen LogP contribution >= 0.6 is 11.6 Å². The predicted octanol–water partition coefficient (Wildman–Crippen LogP) is 3.78. The van der Waals surface area contributed by atoms with Crippen molar-refractivity contribution in [2.45, 2.75) is 24.2 Å². The van der Waals surface area contributed by atoms with Crippen molar-refractivity contribution in [2.75, 3.05) is 13.1 Å². The standard InChI is InChI=1S/C18H16ClFN2O6S/c19-14-11-13(22(24)25)5-7-16(14)28-18(23)12-4-6-15(20)17(10-12)29(26,27)21-8-2-1-3-9-21/h4-7,10-11H,1-3,8-9H2. The first-order valence-electron chi connectivity index (χ1n) is 8.66. The number of esters is 1. The van der Waals surface area contributed by atoms with Crippen LogP contribution < -0.4 is 4.74 Å². The van der Waals surface area contributed by atoms with Gasteiger partial charge in [-0.25, -0.2) is 17.6 Å². The van der Waals surface area contributed by atoms with E-state index in [9.17, 15) is 27.7 Å². The number of sulfonamides is 1. The summed E-state index contributed by atoms with van der Waals surface area (Å²) in [6.07, 6.45) is 2.26. The third kappa shape index (κ3) is 4.55. The number of benzene rings is 2. The molecule has 1 fully saturated rings. The fraction of sp³-hybridized carbons (Fsp3) is 0.278. The zero-order chi connectivity index (χ0) is 21.2. The quantitative estimate of drug-likeness (QED) is 0.302. The smallest absolute Gasteiger partial charge is 0.343 e. The third-order valence-corrected chi connectivity index (χ3v) is 6.64. The predicted molar refractivity (Wildman–Crippen MR) is 102 cm³/mol. The van der Waals surface area contributed by atoms with E-state index in [1.54, 1.807) is 0 Å². The number of nitro groups is 1. The second kappa shape index (κ2) is 8.44. The first-order chi connectivity index (χ1) is 13.7. The second-order valence-corrected chi connectivity index (χ2v) is 8.68. The average molecular weight is 443 g/mol. The third-order valence-electron chi connectivity index (χ3n) is 4.43. The van der Waals surface area contributed by atoms with Crippen LogP contribution in [0.15, 0.2) is 41.3 Å². The van der Waals surface area contributed by atoms with Gasteiger partial charge in [0, 0.05) is 25.2 Å². The van der Waals surface area contributed by atoms with Crippen molar-refractivity contribution in [3.05, 3.63) is 62.9 Å². The number of carbonyl (C=O) groups excluding carboxylic acids is 1. The number of hydrogen-bond acceptors (Lipinski definition) is 6. The number of nitro benzene ring substituents is 1. The van der Waals surface area contributed by atoms with Crippen molar-refractivity contribution in [2.24, 2.45) is 0 Å². The van der Waals surface area contributed by atoms with Crippen LogP contribution in [0.3, 0.4) is 0 Å². The number of non-ortho nitro benzene ring substituents is 1. The molecule has 3 rings (SSSR count). The number of ether oxygens (including phenoxy) is 1. The molecule has 0 atom stereocenters. The molecule has 1 aliphatic heterocycles. The van der Waals surface area contributed by atoms with E-state index in [2.05, 4.69) is 0 Å². The van der Waals surface area contributed by atoms with Crippen LogP contribution in [0.2, 0.25) is 5.02 Å².